The van der Waals surface area contributed by atoms with E-state index in [9.17, 15) is 4.79 Å². The third-order valence-electron chi connectivity index (χ3n) is 3.91. The molecular formula is C17H25ClNO2-. The number of carbonyl (C=O) groups excluding carboxylic acids is 1. The van der Waals surface area contributed by atoms with Crippen LogP contribution < -0.4 is 12.4 Å². The summed E-state index contributed by atoms with van der Waals surface area (Å²) in [5.41, 5.74) is 1.39. The number of ether oxygens (including phenoxy) is 1. The molecule has 0 spiro atoms. The van der Waals surface area contributed by atoms with E-state index in [2.05, 4.69) is 35.2 Å². The molecule has 0 amide bonds. The fourth-order valence-electron chi connectivity index (χ4n) is 2.86. The second-order valence-corrected chi connectivity index (χ2v) is 5.48. The number of rotatable bonds is 6. The summed E-state index contributed by atoms with van der Waals surface area (Å²) in [6.45, 7) is 5.42. The van der Waals surface area contributed by atoms with Gasteiger partial charge in [-0.25, -0.2) is 0 Å². The smallest absolute Gasteiger partial charge is 0.310 e. The first-order valence-corrected chi connectivity index (χ1v) is 7.72. The zero-order valence-corrected chi connectivity index (χ0v) is 13.5. The van der Waals surface area contributed by atoms with E-state index in [0.29, 0.717) is 6.61 Å². The van der Waals surface area contributed by atoms with Crippen LogP contribution in [0.15, 0.2) is 30.3 Å². The van der Waals surface area contributed by atoms with Crippen molar-refractivity contribution in [2.75, 3.05) is 26.2 Å². The van der Waals surface area contributed by atoms with Crippen molar-refractivity contribution in [3.8, 4) is 0 Å². The van der Waals surface area contributed by atoms with Crippen LogP contribution in [-0.4, -0.2) is 37.1 Å². The van der Waals surface area contributed by atoms with Crippen LogP contribution in [0.2, 0.25) is 0 Å². The van der Waals surface area contributed by atoms with Crippen molar-refractivity contribution in [1.82, 2.24) is 4.90 Å². The number of carbonyl (C=O) groups is 1. The number of piperidine rings is 1. The fraction of sp³-hybridized carbons (Fsp3) is 0.588. The van der Waals surface area contributed by atoms with Gasteiger partial charge >= 0.3 is 5.97 Å². The number of hydrogen-bond acceptors (Lipinski definition) is 3. The van der Waals surface area contributed by atoms with Crippen LogP contribution >= 0.6 is 0 Å². The highest BCUT2D eigenvalue weighted by Gasteiger charge is 2.26. The maximum absolute atomic E-state index is 11.8. The Morgan fingerprint density at radius 2 is 2.10 bits per heavy atom. The molecule has 3 nitrogen and oxygen atoms in total. The number of halogens is 1. The monoisotopic (exact) mass is 310 g/mol. The van der Waals surface area contributed by atoms with E-state index in [1.165, 1.54) is 5.56 Å². The van der Waals surface area contributed by atoms with Crippen LogP contribution in [0.5, 0.6) is 0 Å². The van der Waals surface area contributed by atoms with Crippen molar-refractivity contribution in [2.24, 2.45) is 5.92 Å². The number of aryl methyl sites for hydroxylation is 1. The van der Waals surface area contributed by atoms with Gasteiger partial charge in [0.05, 0.1) is 12.5 Å². The van der Waals surface area contributed by atoms with Crippen molar-refractivity contribution in [3.05, 3.63) is 35.9 Å². The van der Waals surface area contributed by atoms with Gasteiger partial charge in [0, 0.05) is 6.54 Å². The minimum atomic E-state index is -0.0136. The van der Waals surface area contributed by atoms with Crippen LogP contribution in [0, 0.1) is 5.92 Å². The van der Waals surface area contributed by atoms with Crippen molar-refractivity contribution in [2.45, 2.75) is 32.6 Å². The highest BCUT2D eigenvalue weighted by molar-refractivity contribution is 5.72. The number of likely N-dealkylation sites (tertiary alicyclic amines) is 1. The standard InChI is InChI=1S/C17H25NO2.ClH/c1-2-20-17(19)16-11-7-13-18(14-16)12-6-10-15-8-4-3-5-9-15;/h3-5,8-9,16H,2,6-7,10-14H2,1H3;1H/p-1. The van der Waals surface area contributed by atoms with E-state index >= 15 is 0 Å². The number of nitrogens with zero attached hydrogens (tertiary/aromatic N) is 1. The second-order valence-electron chi connectivity index (χ2n) is 5.48. The summed E-state index contributed by atoms with van der Waals surface area (Å²) in [6, 6.07) is 10.6. The second kappa shape index (κ2) is 9.80. The van der Waals surface area contributed by atoms with Crippen molar-refractivity contribution in [3.63, 3.8) is 0 Å². The Morgan fingerprint density at radius 3 is 2.81 bits per heavy atom. The third-order valence-corrected chi connectivity index (χ3v) is 3.91. The van der Waals surface area contributed by atoms with E-state index in [1.807, 2.05) is 6.92 Å². The number of esters is 1. The van der Waals surface area contributed by atoms with Gasteiger partial charge in [0.2, 0.25) is 0 Å². The normalized spacial score (nSPS) is 18.8. The molecule has 0 saturated carbocycles. The molecule has 1 aliphatic rings. The van der Waals surface area contributed by atoms with Crippen LogP contribution in [0.1, 0.15) is 31.7 Å². The molecule has 1 aromatic carbocycles. The first-order chi connectivity index (χ1) is 9.79. The van der Waals surface area contributed by atoms with Crippen molar-refractivity contribution >= 4 is 5.97 Å². The zero-order valence-electron chi connectivity index (χ0n) is 12.8. The maximum Gasteiger partial charge on any atom is 0.310 e. The highest BCUT2D eigenvalue weighted by atomic mass is 35.5. The molecular weight excluding hydrogens is 286 g/mol. The molecule has 1 aromatic rings. The molecule has 0 radical (unpaired) electrons. The molecule has 1 heterocycles. The Kier molecular flexibility index (Phi) is 8.40. The van der Waals surface area contributed by atoms with Crippen LogP contribution in [0.3, 0.4) is 0 Å². The van der Waals surface area contributed by atoms with E-state index in [0.717, 1.165) is 45.3 Å². The van der Waals surface area contributed by atoms with Gasteiger partial charge in [-0.15, -0.1) is 0 Å². The molecule has 0 N–H and O–H groups in total. The summed E-state index contributed by atoms with van der Waals surface area (Å²) in [4.78, 5) is 14.2. The summed E-state index contributed by atoms with van der Waals surface area (Å²) in [7, 11) is 0. The van der Waals surface area contributed by atoms with Crippen LogP contribution in [0.4, 0.5) is 0 Å². The van der Waals surface area contributed by atoms with E-state index in [-0.39, 0.29) is 24.3 Å². The summed E-state index contributed by atoms with van der Waals surface area (Å²) < 4.78 is 5.14. The van der Waals surface area contributed by atoms with E-state index in [1.54, 1.807) is 0 Å². The van der Waals surface area contributed by atoms with Gasteiger partial charge in [-0.1, -0.05) is 30.3 Å². The number of benzene rings is 1. The molecule has 0 aliphatic carbocycles. The van der Waals surface area contributed by atoms with Crippen LogP contribution in [0.25, 0.3) is 0 Å². The van der Waals surface area contributed by atoms with Gasteiger partial charge in [0.1, 0.15) is 0 Å². The molecule has 118 valence electrons. The quantitative estimate of drug-likeness (QED) is 0.687. The lowest BCUT2D eigenvalue weighted by molar-refractivity contribution is -0.149. The van der Waals surface area contributed by atoms with Crippen molar-refractivity contribution < 1.29 is 21.9 Å². The first-order valence-electron chi connectivity index (χ1n) is 7.72. The number of hydrogen-bond donors (Lipinski definition) is 0. The molecule has 0 aromatic heterocycles. The largest absolute Gasteiger partial charge is 1.00 e. The lowest BCUT2D eigenvalue weighted by Gasteiger charge is -2.31. The molecule has 1 saturated heterocycles. The topological polar surface area (TPSA) is 29.5 Å². The molecule has 0 bridgehead atoms. The maximum atomic E-state index is 11.8. The molecule has 1 aliphatic heterocycles. The molecule has 1 atom stereocenters. The van der Waals surface area contributed by atoms with Gasteiger partial charge in [-0.2, -0.15) is 0 Å². The van der Waals surface area contributed by atoms with Crippen LogP contribution in [-0.2, 0) is 16.0 Å². The van der Waals surface area contributed by atoms with Crippen molar-refractivity contribution in [1.29, 1.82) is 0 Å². The average Bonchev–Trinajstić information content (AvgIpc) is 2.49. The van der Waals surface area contributed by atoms with Gasteiger partial charge in [0.25, 0.3) is 0 Å². The Morgan fingerprint density at radius 1 is 1.33 bits per heavy atom. The summed E-state index contributed by atoms with van der Waals surface area (Å²) in [5.74, 6) is 0.0701. The van der Waals surface area contributed by atoms with Gasteiger partial charge < -0.3 is 22.0 Å². The summed E-state index contributed by atoms with van der Waals surface area (Å²) in [5, 5.41) is 0. The Balaban J connectivity index is 0.00000220. The molecule has 2 rings (SSSR count). The SMILES string of the molecule is CCOC(=O)C1CCCN(CCCc2ccccc2)C1.[Cl-]. The molecule has 4 heteroatoms. The Labute approximate surface area is 134 Å². The third kappa shape index (κ3) is 6.06. The zero-order chi connectivity index (χ0) is 14.2. The minimum Gasteiger partial charge on any atom is -1.00 e. The highest BCUT2D eigenvalue weighted by Crippen LogP contribution is 2.18. The van der Waals surface area contributed by atoms with Gasteiger partial charge in [-0.05, 0) is 51.3 Å². The predicted molar refractivity (Wildman–Crippen MR) is 80.6 cm³/mol. The lowest BCUT2D eigenvalue weighted by atomic mass is 9.98. The van der Waals surface area contributed by atoms with Gasteiger partial charge in [-0.3, -0.25) is 4.79 Å². The minimum absolute atomic E-state index is 0. The summed E-state index contributed by atoms with van der Waals surface area (Å²) >= 11 is 0. The summed E-state index contributed by atoms with van der Waals surface area (Å²) in [6.07, 6.45) is 4.35. The van der Waals surface area contributed by atoms with Gasteiger partial charge in [0.15, 0.2) is 0 Å². The lowest BCUT2D eigenvalue weighted by Crippen LogP contribution is -3.00. The molecule has 21 heavy (non-hydrogen) atoms. The molecule has 1 fully saturated rings. The Bertz CT molecular complexity index is 411. The molecule has 1 unspecified atom stereocenters. The average molecular weight is 311 g/mol. The fourth-order valence-corrected chi connectivity index (χ4v) is 2.86. The first kappa shape index (κ1) is 18.0. The van der Waals surface area contributed by atoms with E-state index in [4.69, 9.17) is 4.74 Å². The van der Waals surface area contributed by atoms with E-state index < -0.39 is 0 Å². The predicted octanol–water partition coefficient (Wildman–Crippen LogP) is -0.102. The Hall–Kier alpha value is -1.06.